The minimum absolute atomic E-state index is 0.136. The molecule has 10 aromatic carbocycles. The van der Waals surface area contributed by atoms with Crippen molar-refractivity contribution in [3.63, 3.8) is 0 Å². The third-order valence-corrected chi connectivity index (χ3v) is 14.8. The van der Waals surface area contributed by atoms with E-state index in [4.69, 9.17) is 4.42 Å². The third kappa shape index (κ3) is 5.69. The van der Waals surface area contributed by atoms with Gasteiger partial charge in [-0.1, -0.05) is 172 Å². The van der Waals surface area contributed by atoms with Crippen LogP contribution in [0.15, 0.2) is 235 Å². The van der Waals surface area contributed by atoms with E-state index >= 15 is 0 Å². The Morgan fingerprint density at radius 2 is 1.03 bits per heavy atom. The number of para-hydroxylation sites is 4. The van der Waals surface area contributed by atoms with Crippen LogP contribution in [0.5, 0.6) is 0 Å². The summed E-state index contributed by atoms with van der Waals surface area (Å²) in [6.07, 6.45) is 0. The largest absolute Gasteiger partial charge is 0.456 e. The molecule has 0 atom stereocenters. The van der Waals surface area contributed by atoms with Gasteiger partial charge in [0.2, 0.25) is 0 Å². The molecule has 0 saturated heterocycles. The fourth-order valence-electron chi connectivity index (χ4n) is 11.7. The summed E-state index contributed by atoms with van der Waals surface area (Å²) < 4.78 is 6.75. The molecule has 4 nitrogen and oxygen atoms in total. The molecule has 3 aliphatic heterocycles. The molecule has 0 saturated carbocycles. The van der Waals surface area contributed by atoms with Gasteiger partial charge in [-0.15, -0.1) is 0 Å². The Morgan fingerprint density at radius 3 is 1.75 bits per heavy atom. The monoisotopic (exact) mass is 869 g/mol. The number of nitrogens with zero attached hydrogens (tertiary/aromatic N) is 3. The first-order valence-electron chi connectivity index (χ1n) is 23.6. The number of benzene rings is 10. The molecule has 1 aromatic heterocycles. The van der Waals surface area contributed by atoms with E-state index in [-0.39, 0.29) is 12.3 Å². The van der Waals surface area contributed by atoms with Crippen LogP contribution in [0.4, 0.5) is 45.5 Å². The van der Waals surface area contributed by atoms with Crippen LogP contribution in [0.2, 0.25) is 0 Å². The summed E-state index contributed by atoms with van der Waals surface area (Å²) in [4.78, 5) is 7.67. The first-order valence-corrected chi connectivity index (χ1v) is 23.6. The fraction of sp³-hybridized carbons (Fsp3) is 0.0476. The molecular formula is C63H44BN3O. The summed E-state index contributed by atoms with van der Waals surface area (Å²) in [6, 6.07) is 84.6. The predicted octanol–water partition coefficient (Wildman–Crippen LogP) is 15.7. The van der Waals surface area contributed by atoms with Crippen molar-refractivity contribution in [3.05, 3.63) is 242 Å². The molecule has 320 valence electrons. The van der Waals surface area contributed by atoms with Gasteiger partial charge in [-0.05, 0) is 123 Å². The standard InChI is InChI=1S/C63H44BN3O/c1-63(2)53-30-13-14-33-56(53)66-58-38-48(65(46-27-16-23-43(35-46)41-19-6-3-7-20-41)47-28-17-24-44(36-47)42-21-8-4-9-22-42)37-52-50-40-60-51(49-29-12-15-34-59(49)68-60)39-57(50)67(45-25-10-5-11-26-45)64(61(52)58)55-32-18-31-54(63)62(55)66/h3-40H,1-2H3. The average Bonchev–Trinajstić information content (AvgIpc) is 3.76. The van der Waals surface area contributed by atoms with E-state index in [0.717, 1.165) is 67.1 Å². The zero-order valence-corrected chi connectivity index (χ0v) is 37.8. The van der Waals surface area contributed by atoms with Crippen LogP contribution < -0.4 is 25.5 Å². The molecule has 68 heavy (non-hydrogen) atoms. The highest BCUT2D eigenvalue weighted by Crippen LogP contribution is 2.56. The molecule has 4 heterocycles. The van der Waals surface area contributed by atoms with Gasteiger partial charge in [0.25, 0.3) is 0 Å². The Balaban J connectivity index is 1.12. The van der Waals surface area contributed by atoms with Crippen LogP contribution in [-0.4, -0.2) is 6.85 Å². The first-order chi connectivity index (χ1) is 33.5. The number of rotatable bonds is 6. The van der Waals surface area contributed by atoms with Crippen molar-refractivity contribution in [2.24, 2.45) is 0 Å². The van der Waals surface area contributed by atoms with Gasteiger partial charge in [-0.3, -0.25) is 0 Å². The first kappa shape index (κ1) is 38.7. The van der Waals surface area contributed by atoms with E-state index in [1.54, 1.807) is 0 Å². The molecule has 5 heteroatoms. The molecule has 11 aromatic rings. The maximum Gasteiger partial charge on any atom is 0.333 e. The Bertz CT molecular complexity index is 3720. The summed E-state index contributed by atoms with van der Waals surface area (Å²) >= 11 is 0. The van der Waals surface area contributed by atoms with Crippen LogP contribution in [0, 0.1) is 0 Å². The Hall–Kier alpha value is -8.54. The van der Waals surface area contributed by atoms with Crippen molar-refractivity contribution >= 4 is 85.2 Å². The smallest absolute Gasteiger partial charge is 0.333 e. The van der Waals surface area contributed by atoms with Crippen LogP contribution in [0.25, 0.3) is 55.3 Å². The van der Waals surface area contributed by atoms with Gasteiger partial charge in [0.05, 0.1) is 5.69 Å². The number of anilines is 8. The lowest BCUT2D eigenvalue weighted by Crippen LogP contribution is -2.62. The highest BCUT2D eigenvalue weighted by Gasteiger charge is 2.50. The van der Waals surface area contributed by atoms with Gasteiger partial charge in [0, 0.05) is 61.6 Å². The quantitative estimate of drug-likeness (QED) is 0.155. The predicted molar refractivity (Wildman–Crippen MR) is 285 cm³/mol. The van der Waals surface area contributed by atoms with Crippen LogP contribution in [0.3, 0.4) is 0 Å². The summed E-state index contributed by atoms with van der Waals surface area (Å²) in [5, 5.41) is 2.23. The van der Waals surface area contributed by atoms with Gasteiger partial charge in [-0.2, -0.15) is 0 Å². The molecule has 0 amide bonds. The Labute approximate surface area is 396 Å². The Kier molecular flexibility index (Phi) is 8.39. The van der Waals surface area contributed by atoms with Crippen molar-refractivity contribution in [2.45, 2.75) is 19.3 Å². The van der Waals surface area contributed by atoms with Gasteiger partial charge in [0.15, 0.2) is 0 Å². The van der Waals surface area contributed by atoms with Gasteiger partial charge in [-0.25, -0.2) is 0 Å². The molecule has 0 aliphatic carbocycles. The fourth-order valence-corrected chi connectivity index (χ4v) is 11.7. The second kappa shape index (κ2) is 14.7. The molecule has 0 bridgehead atoms. The molecule has 0 fully saturated rings. The second-order valence-electron chi connectivity index (χ2n) is 18.9. The lowest BCUT2D eigenvalue weighted by Gasteiger charge is -2.50. The normalized spacial score (nSPS) is 13.8. The summed E-state index contributed by atoms with van der Waals surface area (Å²) in [5.41, 5.74) is 22.9. The summed E-state index contributed by atoms with van der Waals surface area (Å²) in [5.74, 6) is 0. The van der Waals surface area contributed by atoms with E-state index in [1.165, 1.54) is 55.8 Å². The van der Waals surface area contributed by atoms with E-state index in [9.17, 15) is 0 Å². The minimum Gasteiger partial charge on any atom is -0.456 e. The lowest BCUT2D eigenvalue weighted by molar-refractivity contribution is 0.632. The van der Waals surface area contributed by atoms with Gasteiger partial charge >= 0.3 is 6.85 Å². The lowest BCUT2D eigenvalue weighted by atomic mass is 9.42. The van der Waals surface area contributed by atoms with E-state index in [0.29, 0.717) is 0 Å². The number of hydrogen-bond donors (Lipinski definition) is 0. The van der Waals surface area contributed by atoms with Gasteiger partial charge < -0.3 is 19.0 Å². The maximum absolute atomic E-state index is 6.75. The molecule has 0 radical (unpaired) electrons. The van der Waals surface area contributed by atoms with Crippen molar-refractivity contribution < 1.29 is 4.42 Å². The maximum atomic E-state index is 6.75. The molecule has 14 rings (SSSR count). The molecular weight excluding hydrogens is 826 g/mol. The zero-order chi connectivity index (χ0) is 45.1. The minimum atomic E-state index is -0.246. The van der Waals surface area contributed by atoms with Gasteiger partial charge in [0.1, 0.15) is 11.2 Å². The topological polar surface area (TPSA) is 22.9 Å². The summed E-state index contributed by atoms with van der Waals surface area (Å²) in [7, 11) is 0. The highest BCUT2D eigenvalue weighted by atomic mass is 16.3. The van der Waals surface area contributed by atoms with Crippen LogP contribution in [0.1, 0.15) is 25.0 Å². The van der Waals surface area contributed by atoms with E-state index < -0.39 is 0 Å². The van der Waals surface area contributed by atoms with Crippen molar-refractivity contribution in [1.29, 1.82) is 0 Å². The van der Waals surface area contributed by atoms with Crippen molar-refractivity contribution in [2.75, 3.05) is 14.6 Å². The second-order valence-corrected chi connectivity index (χ2v) is 18.9. The van der Waals surface area contributed by atoms with E-state index in [1.807, 2.05) is 0 Å². The summed E-state index contributed by atoms with van der Waals surface area (Å²) in [6.45, 7) is 4.65. The van der Waals surface area contributed by atoms with Crippen molar-refractivity contribution in [3.8, 4) is 33.4 Å². The van der Waals surface area contributed by atoms with E-state index in [2.05, 4.69) is 259 Å². The van der Waals surface area contributed by atoms with Crippen LogP contribution >= 0.6 is 0 Å². The van der Waals surface area contributed by atoms with Crippen LogP contribution in [-0.2, 0) is 5.41 Å². The molecule has 3 aliphatic rings. The molecule has 0 unspecified atom stereocenters. The number of fused-ring (bicyclic) bond motifs is 9. The number of hydrogen-bond acceptors (Lipinski definition) is 4. The highest BCUT2D eigenvalue weighted by molar-refractivity contribution is 6.93. The third-order valence-electron chi connectivity index (χ3n) is 14.8. The average molecular weight is 870 g/mol. The zero-order valence-electron chi connectivity index (χ0n) is 37.8. The Morgan fingerprint density at radius 1 is 0.426 bits per heavy atom. The molecule has 0 spiro atoms. The SMILES string of the molecule is CC1(C)c2ccccc2N2c3cc(N(c4cccc(-c5ccccc5)c4)c4cccc(-c5ccccc5)c4)cc4c3B(c3cccc1c32)N(c1ccccc1)c1cc2c(cc1-4)oc1ccccc12. The number of furan rings is 1. The molecule has 0 N–H and O–H groups in total. The van der Waals surface area contributed by atoms with Crippen molar-refractivity contribution in [1.82, 2.24) is 0 Å².